The second-order valence-electron chi connectivity index (χ2n) is 15.1. The van der Waals surface area contributed by atoms with Crippen molar-refractivity contribution >= 4 is 22.1 Å². The van der Waals surface area contributed by atoms with Crippen LogP contribution in [0.15, 0.2) is 60.8 Å². The fraction of sp³-hybridized carbons (Fsp3) is 0.733. The summed E-state index contributed by atoms with van der Waals surface area (Å²) in [6.45, 7) is 3.56. The molecule has 0 amide bonds. The number of carbonyl (C=O) groups is 2. The molecule has 58 heavy (non-hydrogen) atoms. The molecule has 0 saturated carbocycles. The van der Waals surface area contributed by atoms with Crippen LogP contribution in [0.4, 0.5) is 0 Å². The highest BCUT2D eigenvalue weighted by Crippen LogP contribution is 2.24. The minimum Gasteiger partial charge on any atom is -0.462 e. The van der Waals surface area contributed by atoms with Crippen LogP contribution in [-0.4, -0.2) is 96.0 Å². The summed E-state index contributed by atoms with van der Waals surface area (Å²) in [5.41, 5.74) is 0. The van der Waals surface area contributed by atoms with E-state index < -0.39 is 71.2 Å². The van der Waals surface area contributed by atoms with Gasteiger partial charge in [-0.15, -0.1) is 0 Å². The SMILES string of the molecule is CC/C=C/C=C/C=C/C=C/CCCCCCCC(=O)O[C@H](COC(=O)CCCCCCCCCCC/C=C/CCCC)CO[C@H]1O[C@H](CS(=O)(=O)O)[C@@H](O)C(O)C1O. The Bertz CT molecular complexity index is 1310. The minimum atomic E-state index is -4.61. The summed E-state index contributed by atoms with van der Waals surface area (Å²) in [6, 6.07) is 0. The molecule has 2 unspecified atom stereocenters. The maximum Gasteiger partial charge on any atom is 0.306 e. The van der Waals surface area contributed by atoms with Crippen LogP contribution in [0.2, 0.25) is 0 Å². The Labute approximate surface area is 349 Å². The Kier molecular flexibility index (Phi) is 32.3. The van der Waals surface area contributed by atoms with E-state index in [1.807, 2.05) is 36.5 Å². The van der Waals surface area contributed by atoms with Gasteiger partial charge in [0.15, 0.2) is 12.4 Å². The molecule has 1 rings (SSSR count). The number of ether oxygens (including phenoxy) is 4. The number of hydrogen-bond acceptors (Lipinski definition) is 11. The average molecular weight is 841 g/mol. The van der Waals surface area contributed by atoms with Crippen LogP contribution in [0.5, 0.6) is 0 Å². The molecule has 1 heterocycles. The maximum atomic E-state index is 12.8. The van der Waals surface area contributed by atoms with Crippen LogP contribution >= 0.6 is 0 Å². The monoisotopic (exact) mass is 841 g/mol. The molecule has 0 aromatic carbocycles. The van der Waals surface area contributed by atoms with E-state index in [1.165, 1.54) is 51.4 Å². The maximum absolute atomic E-state index is 12.8. The summed E-state index contributed by atoms with van der Waals surface area (Å²) < 4.78 is 54.0. The fourth-order valence-corrected chi connectivity index (χ4v) is 6.95. The van der Waals surface area contributed by atoms with Gasteiger partial charge in [-0.1, -0.05) is 152 Å². The summed E-state index contributed by atoms with van der Waals surface area (Å²) in [6.07, 6.45) is 32.6. The van der Waals surface area contributed by atoms with Gasteiger partial charge < -0.3 is 34.3 Å². The number of carbonyl (C=O) groups excluding carboxylic acids is 2. The van der Waals surface area contributed by atoms with Crippen LogP contribution in [0.1, 0.15) is 155 Å². The lowest BCUT2D eigenvalue weighted by molar-refractivity contribution is -0.297. The van der Waals surface area contributed by atoms with Gasteiger partial charge in [0.05, 0.1) is 6.61 Å². The topological polar surface area (TPSA) is 186 Å². The van der Waals surface area contributed by atoms with Crippen LogP contribution in [0.3, 0.4) is 0 Å². The van der Waals surface area contributed by atoms with Gasteiger partial charge in [-0.05, 0) is 51.4 Å². The number of unbranched alkanes of at least 4 members (excludes halogenated alkanes) is 16. The summed E-state index contributed by atoms with van der Waals surface area (Å²) in [5.74, 6) is -2.02. The van der Waals surface area contributed by atoms with Crippen molar-refractivity contribution in [2.24, 2.45) is 0 Å². The van der Waals surface area contributed by atoms with E-state index in [4.69, 9.17) is 18.9 Å². The zero-order valence-corrected chi connectivity index (χ0v) is 36.2. The highest BCUT2D eigenvalue weighted by molar-refractivity contribution is 7.85. The third-order valence-electron chi connectivity index (χ3n) is 9.68. The number of rotatable bonds is 35. The first-order chi connectivity index (χ1) is 28.0. The minimum absolute atomic E-state index is 0.135. The second-order valence-corrected chi connectivity index (χ2v) is 16.6. The molecule has 0 spiro atoms. The van der Waals surface area contributed by atoms with Gasteiger partial charge in [0.2, 0.25) is 0 Å². The van der Waals surface area contributed by atoms with Crippen molar-refractivity contribution in [3.05, 3.63) is 60.8 Å². The first kappa shape index (κ1) is 53.4. The predicted octanol–water partition coefficient (Wildman–Crippen LogP) is 8.56. The van der Waals surface area contributed by atoms with Crippen molar-refractivity contribution in [3.63, 3.8) is 0 Å². The molecule has 12 nitrogen and oxygen atoms in total. The number of allylic oxidation sites excluding steroid dienone is 10. The molecule has 0 bridgehead atoms. The zero-order valence-electron chi connectivity index (χ0n) is 35.4. The molecule has 1 aliphatic heterocycles. The summed E-state index contributed by atoms with van der Waals surface area (Å²) >= 11 is 0. The molecule has 1 aliphatic rings. The molecule has 334 valence electrons. The van der Waals surface area contributed by atoms with E-state index in [0.29, 0.717) is 12.8 Å². The summed E-state index contributed by atoms with van der Waals surface area (Å²) in [4.78, 5) is 25.4. The Balaban J connectivity index is 2.48. The summed E-state index contributed by atoms with van der Waals surface area (Å²) in [5, 5.41) is 30.8. The van der Waals surface area contributed by atoms with E-state index in [2.05, 4.69) is 38.2 Å². The largest absolute Gasteiger partial charge is 0.462 e. The molecular formula is C45H76O12S. The van der Waals surface area contributed by atoms with E-state index in [1.54, 1.807) is 0 Å². The second kappa shape index (κ2) is 35.1. The Morgan fingerprint density at radius 3 is 1.67 bits per heavy atom. The third-order valence-corrected chi connectivity index (χ3v) is 10.4. The Morgan fingerprint density at radius 2 is 1.10 bits per heavy atom. The lowest BCUT2D eigenvalue weighted by Gasteiger charge is -2.40. The lowest BCUT2D eigenvalue weighted by Crippen LogP contribution is -2.60. The van der Waals surface area contributed by atoms with E-state index in [0.717, 1.165) is 64.2 Å². The fourth-order valence-electron chi connectivity index (χ4n) is 6.26. The van der Waals surface area contributed by atoms with E-state index >= 15 is 0 Å². The normalized spacial score (nSPS) is 21.0. The highest BCUT2D eigenvalue weighted by atomic mass is 32.2. The molecule has 0 aromatic rings. The van der Waals surface area contributed by atoms with E-state index in [9.17, 15) is 37.9 Å². The van der Waals surface area contributed by atoms with Gasteiger partial charge in [-0.3, -0.25) is 14.1 Å². The molecule has 0 aromatic heterocycles. The van der Waals surface area contributed by atoms with Crippen LogP contribution in [0, 0.1) is 0 Å². The molecule has 1 saturated heterocycles. The Hall–Kier alpha value is -2.65. The van der Waals surface area contributed by atoms with Gasteiger partial charge >= 0.3 is 11.9 Å². The standard InChI is InChI=1S/C45H76O12S/c1-3-5-7-9-11-13-15-17-19-21-23-25-27-29-31-33-40(46)54-35-38(36-55-45-44(50)43(49)42(48)39(57-45)37-58(51,52)53)56-41(47)34-32-30-28-26-24-22-20-18-16-14-12-10-8-6-4-2/h6,8-12,14,16,18,20,38-39,42-45,48-50H,3-5,7,13,15,17,19,21-37H2,1-2H3,(H,51,52,53)/b8-6+,11-9+,12-10+,16-14+,20-18+/t38-,39-,42-,43?,44?,45+/m1/s1. The molecule has 0 radical (unpaired) electrons. The van der Waals surface area contributed by atoms with Crippen LogP contribution < -0.4 is 0 Å². The summed E-state index contributed by atoms with van der Waals surface area (Å²) in [7, 11) is -4.61. The van der Waals surface area contributed by atoms with Crippen molar-refractivity contribution in [1.82, 2.24) is 0 Å². The van der Waals surface area contributed by atoms with Crippen LogP contribution in [0.25, 0.3) is 0 Å². The molecule has 6 atom stereocenters. The highest BCUT2D eigenvalue weighted by Gasteiger charge is 2.46. The van der Waals surface area contributed by atoms with Gasteiger partial charge in [0, 0.05) is 12.8 Å². The van der Waals surface area contributed by atoms with Crippen molar-refractivity contribution in [1.29, 1.82) is 0 Å². The zero-order chi connectivity index (χ0) is 42.7. The van der Waals surface area contributed by atoms with Gasteiger partial charge in [0.25, 0.3) is 10.1 Å². The number of aliphatic hydroxyl groups is 3. The lowest BCUT2D eigenvalue weighted by atomic mass is 10.00. The molecule has 4 N–H and O–H groups in total. The van der Waals surface area contributed by atoms with Gasteiger partial charge in [0.1, 0.15) is 36.8 Å². The van der Waals surface area contributed by atoms with Gasteiger partial charge in [-0.2, -0.15) is 8.42 Å². The van der Waals surface area contributed by atoms with Gasteiger partial charge in [-0.25, -0.2) is 0 Å². The molecule has 13 heteroatoms. The number of aliphatic hydroxyl groups excluding tert-OH is 3. The molecule has 1 fully saturated rings. The smallest absolute Gasteiger partial charge is 0.306 e. The Morgan fingerprint density at radius 1 is 0.603 bits per heavy atom. The van der Waals surface area contributed by atoms with Crippen LogP contribution in [-0.2, 0) is 38.7 Å². The number of esters is 2. The number of hydrogen-bond donors (Lipinski definition) is 4. The van der Waals surface area contributed by atoms with Crippen molar-refractivity contribution in [2.45, 2.75) is 192 Å². The van der Waals surface area contributed by atoms with Crippen molar-refractivity contribution in [3.8, 4) is 0 Å². The van der Waals surface area contributed by atoms with Crippen molar-refractivity contribution < 1.29 is 56.8 Å². The van der Waals surface area contributed by atoms with Crippen molar-refractivity contribution in [2.75, 3.05) is 19.0 Å². The predicted molar refractivity (Wildman–Crippen MR) is 229 cm³/mol. The molecule has 0 aliphatic carbocycles. The average Bonchev–Trinajstić information content (AvgIpc) is 3.18. The van der Waals surface area contributed by atoms with E-state index in [-0.39, 0.29) is 19.4 Å². The first-order valence-electron chi connectivity index (χ1n) is 21.9. The third kappa shape index (κ3) is 29.5. The quantitative estimate of drug-likeness (QED) is 0.0157. The first-order valence-corrected chi connectivity index (χ1v) is 23.5. The molecular weight excluding hydrogens is 765 g/mol.